The van der Waals surface area contributed by atoms with Gasteiger partial charge in [0.2, 0.25) is 11.8 Å². The largest absolute Gasteiger partial charge is 0.341 e. The van der Waals surface area contributed by atoms with E-state index in [1.54, 1.807) is 11.9 Å². The zero-order valence-corrected chi connectivity index (χ0v) is 15.1. The highest BCUT2D eigenvalue weighted by Gasteiger charge is 2.60. The molecule has 2 aliphatic carbocycles. The van der Waals surface area contributed by atoms with E-state index in [9.17, 15) is 14.9 Å². The Bertz CT molecular complexity index is 688. The van der Waals surface area contributed by atoms with Gasteiger partial charge in [0.1, 0.15) is 5.41 Å². The number of nitrogens with zero attached hydrogens (tertiary/aromatic N) is 4. The molecule has 0 N–H and O–H groups in total. The molecule has 1 saturated heterocycles. The Hall–Kier alpha value is -1.90. The minimum atomic E-state index is -0.797. The van der Waals surface area contributed by atoms with Gasteiger partial charge in [-0.05, 0) is 38.5 Å². The number of carbonyl (C=O) groups is 2. The van der Waals surface area contributed by atoms with Gasteiger partial charge in [-0.15, -0.1) is 0 Å². The molecule has 134 valence electrons. The Morgan fingerprint density at radius 3 is 2.60 bits per heavy atom. The Kier molecular flexibility index (Phi) is 3.68. The van der Waals surface area contributed by atoms with Crippen molar-refractivity contribution in [2.75, 3.05) is 13.1 Å². The van der Waals surface area contributed by atoms with E-state index < -0.39 is 5.41 Å². The SMILES string of the molecule is CC(=O)N1N=C(C)CC12CCC1CN(C(=O)C3(C#N)CCCC3)CC12. The van der Waals surface area contributed by atoms with Gasteiger partial charge in [0.05, 0.1) is 11.6 Å². The first kappa shape index (κ1) is 16.6. The van der Waals surface area contributed by atoms with E-state index in [1.807, 2.05) is 11.8 Å². The van der Waals surface area contributed by atoms with Crippen LogP contribution in [0.3, 0.4) is 0 Å². The highest BCUT2D eigenvalue weighted by molar-refractivity contribution is 5.89. The van der Waals surface area contributed by atoms with Crippen molar-refractivity contribution in [3.05, 3.63) is 0 Å². The number of nitriles is 1. The van der Waals surface area contributed by atoms with E-state index in [4.69, 9.17) is 0 Å². The van der Waals surface area contributed by atoms with Gasteiger partial charge in [-0.25, -0.2) is 5.01 Å². The molecule has 6 nitrogen and oxygen atoms in total. The van der Waals surface area contributed by atoms with Crippen LogP contribution in [0.25, 0.3) is 0 Å². The van der Waals surface area contributed by atoms with E-state index in [-0.39, 0.29) is 23.3 Å². The lowest BCUT2D eigenvalue weighted by atomic mass is 9.81. The molecule has 3 atom stereocenters. The van der Waals surface area contributed by atoms with Gasteiger partial charge in [-0.2, -0.15) is 10.4 Å². The summed E-state index contributed by atoms with van der Waals surface area (Å²) in [6.07, 6.45) is 6.14. The molecule has 0 aromatic heterocycles. The number of fused-ring (bicyclic) bond motifs is 2. The molecule has 0 radical (unpaired) electrons. The van der Waals surface area contributed by atoms with Crippen LogP contribution in [0.15, 0.2) is 5.10 Å². The lowest BCUT2D eigenvalue weighted by Gasteiger charge is -2.38. The van der Waals surface area contributed by atoms with Crippen LogP contribution in [0.5, 0.6) is 0 Å². The summed E-state index contributed by atoms with van der Waals surface area (Å²) in [5.41, 5.74) is -0.0379. The Labute approximate surface area is 148 Å². The maximum Gasteiger partial charge on any atom is 0.243 e. The summed E-state index contributed by atoms with van der Waals surface area (Å²) in [6, 6.07) is 2.34. The molecular formula is C19H26N4O2. The van der Waals surface area contributed by atoms with Crippen molar-refractivity contribution in [3.63, 3.8) is 0 Å². The average Bonchev–Trinajstić information content (AvgIpc) is 3.33. The minimum absolute atomic E-state index is 0.00781. The predicted molar refractivity (Wildman–Crippen MR) is 92.3 cm³/mol. The Morgan fingerprint density at radius 2 is 1.96 bits per heavy atom. The lowest BCUT2D eigenvalue weighted by molar-refractivity contribution is -0.138. The molecule has 25 heavy (non-hydrogen) atoms. The van der Waals surface area contributed by atoms with Gasteiger partial charge >= 0.3 is 0 Å². The number of hydrogen-bond donors (Lipinski definition) is 0. The van der Waals surface area contributed by atoms with E-state index in [2.05, 4.69) is 11.2 Å². The summed E-state index contributed by atoms with van der Waals surface area (Å²) < 4.78 is 0. The molecule has 4 aliphatic rings. The van der Waals surface area contributed by atoms with E-state index in [0.717, 1.165) is 44.4 Å². The molecule has 2 saturated carbocycles. The molecule has 0 aromatic rings. The maximum atomic E-state index is 13.1. The third-order valence-electron chi connectivity index (χ3n) is 7.00. The Morgan fingerprint density at radius 1 is 1.24 bits per heavy atom. The molecule has 2 amide bonds. The van der Waals surface area contributed by atoms with E-state index >= 15 is 0 Å². The second kappa shape index (κ2) is 5.55. The third kappa shape index (κ3) is 2.24. The maximum absolute atomic E-state index is 13.1. The summed E-state index contributed by atoms with van der Waals surface area (Å²) in [6.45, 7) is 4.97. The third-order valence-corrected chi connectivity index (χ3v) is 7.00. The molecule has 2 aliphatic heterocycles. The number of amides is 2. The quantitative estimate of drug-likeness (QED) is 0.734. The second-order valence-electron chi connectivity index (χ2n) is 8.46. The number of likely N-dealkylation sites (tertiary alicyclic amines) is 1. The molecule has 1 spiro atoms. The molecule has 0 aromatic carbocycles. The molecule has 3 unspecified atom stereocenters. The standard InChI is InChI=1S/C19H26N4O2/c1-13-9-19(23(21-13)14(2)24)8-5-15-10-22(11-16(15)19)17(25)18(12-20)6-3-4-7-18/h15-16H,3-11H2,1-2H3. The van der Waals surface area contributed by atoms with Crippen molar-refractivity contribution in [1.82, 2.24) is 9.91 Å². The van der Waals surface area contributed by atoms with Gasteiger partial charge in [0.25, 0.3) is 0 Å². The van der Waals surface area contributed by atoms with Gasteiger partial charge in [0, 0.05) is 38.1 Å². The zero-order valence-electron chi connectivity index (χ0n) is 15.1. The van der Waals surface area contributed by atoms with Crippen molar-refractivity contribution < 1.29 is 9.59 Å². The lowest BCUT2D eigenvalue weighted by Crippen LogP contribution is -2.50. The van der Waals surface area contributed by atoms with Crippen LogP contribution in [0, 0.1) is 28.6 Å². The van der Waals surface area contributed by atoms with Gasteiger partial charge in [0.15, 0.2) is 0 Å². The smallest absolute Gasteiger partial charge is 0.243 e. The molecular weight excluding hydrogens is 316 g/mol. The van der Waals surface area contributed by atoms with Crippen molar-refractivity contribution in [2.24, 2.45) is 22.4 Å². The second-order valence-corrected chi connectivity index (χ2v) is 8.46. The number of hydrogen-bond acceptors (Lipinski definition) is 4. The highest BCUT2D eigenvalue weighted by atomic mass is 16.2. The fourth-order valence-electron chi connectivity index (χ4n) is 5.90. The Balaban J connectivity index is 1.57. The van der Waals surface area contributed by atoms with Crippen molar-refractivity contribution in [2.45, 2.75) is 64.3 Å². The molecule has 2 heterocycles. The van der Waals surface area contributed by atoms with E-state index in [0.29, 0.717) is 25.3 Å². The van der Waals surface area contributed by atoms with Gasteiger partial charge in [-0.1, -0.05) is 12.8 Å². The normalized spacial score (nSPS) is 35.8. The number of rotatable bonds is 1. The predicted octanol–water partition coefficient (Wildman–Crippen LogP) is 2.31. The monoisotopic (exact) mass is 342 g/mol. The molecule has 4 rings (SSSR count). The molecule has 0 bridgehead atoms. The van der Waals surface area contributed by atoms with Crippen LogP contribution in [-0.4, -0.2) is 46.1 Å². The van der Waals surface area contributed by atoms with Crippen LogP contribution < -0.4 is 0 Å². The van der Waals surface area contributed by atoms with Crippen molar-refractivity contribution >= 4 is 17.5 Å². The van der Waals surface area contributed by atoms with E-state index in [1.165, 1.54) is 0 Å². The summed E-state index contributed by atoms with van der Waals surface area (Å²) in [4.78, 5) is 27.2. The first-order valence-corrected chi connectivity index (χ1v) is 9.47. The molecule has 3 fully saturated rings. The van der Waals surface area contributed by atoms with Crippen LogP contribution in [0.4, 0.5) is 0 Å². The van der Waals surface area contributed by atoms with Crippen molar-refractivity contribution in [3.8, 4) is 6.07 Å². The summed E-state index contributed by atoms with van der Waals surface area (Å²) >= 11 is 0. The summed E-state index contributed by atoms with van der Waals surface area (Å²) in [7, 11) is 0. The number of carbonyl (C=O) groups excluding carboxylic acids is 2. The van der Waals surface area contributed by atoms with Crippen molar-refractivity contribution in [1.29, 1.82) is 5.26 Å². The molecule has 6 heteroatoms. The fourth-order valence-corrected chi connectivity index (χ4v) is 5.90. The van der Waals surface area contributed by atoms with Gasteiger partial charge in [-0.3, -0.25) is 9.59 Å². The summed E-state index contributed by atoms with van der Waals surface area (Å²) in [5, 5.41) is 15.8. The number of hydrazone groups is 1. The first-order chi connectivity index (χ1) is 11.9. The van der Waals surface area contributed by atoms with Gasteiger partial charge < -0.3 is 4.90 Å². The zero-order chi connectivity index (χ0) is 17.8. The minimum Gasteiger partial charge on any atom is -0.341 e. The highest BCUT2D eigenvalue weighted by Crippen LogP contribution is 2.53. The average molecular weight is 342 g/mol. The first-order valence-electron chi connectivity index (χ1n) is 9.47. The van der Waals surface area contributed by atoms with Crippen LogP contribution in [0.2, 0.25) is 0 Å². The van der Waals surface area contributed by atoms with Crippen LogP contribution in [-0.2, 0) is 9.59 Å². The topological polar surface area (TPSA) is 76.8 Å². The fraction of sp³-hybridized carbons (Fsp3) is 0.789. The summed E-state index contributed by atoms with van der Waals surface area (Å²) in [5.74, 6) is 0.719. The van der Waals surface area contributed by atoms with Crippen LogP contribution in [0.1, 0.15) is 58.8 Å². The van der Waals surface area contributed by atoms with Crippen LogP contribution >= 0.6 is 0 Å².